The van der Waals surface area contributed by atoms with Crippen molar-refractivity contribution < 1.29 is 0 Å². The molecule has 0 spiro atoms. The van der Waals surface area contributed by atoms with E-state index in [1.54, 1.807) is 5.56 Å². The molecule has 4 rings (SSSR count). The van der Waals surface area contributed by atoms with E-state index in [0.717, 1.165) is 5.92 Å². The molecule has 0 saturated heterocycles. The van der Waals surface area contributed by atoms with Gasteiger partial charge in [0.15, 0.2) is 0 Å². The molecule has 3 aromatic carbocycles. The minimum atomic E-state index is 0.724. The SMILES string of the molecule is Cc1ccc(-c2cccc(-c3ccccc3C)c2C2CC2)cc1. The Morgan fingerprint density at radius 1 is 0.652 bits per heavy atom. The zero-order valence-corrected chi connectivity index (χ0v) is 13.8. The van der Waals surface area contributed by atoms with Gasteiger partial charge in [-0.3, -0.25) is 0 Å². The zero-order chi connectivity index (χ0) is 15.8. The summed E-state index contributed by atoms with van der Waals surface area (Å²) in [6, 6.07) is 24.5. The smallest absolute Gasteiger partial charge is 0.0140 e. The van der Waals surface area contributed by atoms with E-state index in [4.69, 9.17) is 0 Å². The molecule has 0 bridgehead atoms. The summed E-state index contributed by atoms with van der Waals surface area (Å²) in [4.78, 5) is 0. The highest BCUT2D eigenvalue weighted by Gasteiger charge is 2.29. The summed E-state index contributed by atoms with van der Waals surface area (Å²) < 4.78 is 0. The van der Waals surface area contributed by atoms with Crippen molar-refractivity contribution in [2.24, 2.45) is 0 Å². The Labute approximate surface area is 138 Å². The molecule has 114 valence electrons. The molecule has 0 heteroatoms. The molecule has 3 aromatic rings. The molecule has 0 N–H and O–H groups in total. The van der Waals surface area contributed by atoms with Gasteiger partial charge in [0.1, 0.15) is 0 Å². The summed E-state index contributed by atoms with van der Waals surface area (Å²) in [7, 11) is 0. The van der Waals surface area contributed by atoms with Crippen LogP contribution in [0, 0.1) is 13.8 Å². The Morgan fingerprint density at radius 2 is 1.30 bits per heavy atom. The first-order valence-corrected chi connectivity index (χ1v) is 8.50. The maximum Gasteiger partial charge on any atom is -0.0140 e. The minimum absolute atomic E-state index is 0.724. The van der Waals surface area contributed by atoms with Crippen molar-refractivity contribution in [3.63, 3.8) is 0 Å². The molecule has 0 aromatic heterocycles. The Kier molecular flexibility index (Phi) is 3.53. The fourth-order valence-electron chi connectivity index (χ4n) is 3.47. The van der Waals surface area contributed by atoms with E-state index in [9.17, 15) is 0 Å². The molecule has 0 heterocycles. The lowest BCUT2D eigenvalue weighted by Crippen LogP contribution is -1.94. The molecule has 0 amide bonds. The van der Waals surface area contributed by atoms with Gasteiger partial charge in [0.05, 0.1) is 0 Å². The van der Waals surface area contributed by atoms with Gasteiger partial charge in [-0.25, -0.2) is 0 Å². The average Bonchev–Trinajstić information content (AvgIpc) is 3.40. The molecule has 0 atom stereocenters. The molecule has 1 aliphatic carbocycles. The van der Waals surface area contributed by atoms with Crippen molar-refractivity contribution in [3.05, 3.63) is 83.4 Å². The van der Waals surface area contributed by atoms with Crippen LogP contribution in [0.15, 0.2) is 66.7 Å². The van der Waals surface area contributed by atoms with E-state index in [2.05, 4.69) is 80.6 Å². The lowest BCUT2D eigenvalue weighted by Gasteiger charge is -2.17. The molecule has 1 aliphatic rings. The Hall–Kier alpha value is -2.34. The van der Waals surface area contributed by atoms with E-state index < -0.39 is 0 Å². The van der Waals surface area contributed by atoms with Gasteiger partial charge in [-0.15, -0.1) is 0 Å². The number of aryl methyl sites for hydroxylation is 2. The second-order valence-electron chi connectivity index (χ2n) is 6.72. The van der Waals surface area contributed by atoms with Crippen molar-refractivity contribution in [2.45, 2.75) is 32.6 Å². The third kappa shape index (κ3) is 2.70. The number of hydrogen-bond acceptors (Lipinski definition) is 0. The standard InChI is InChI=1S/C23H22/c1-16-10-12-18(13-11-16)21-8-5-9-22(23(21)19-14-15-19)20-7-4-3-6-17(20)2/h3-13,19H,14-15H2,1-2H3. The van der Waals surface area contributed by atoms with Crippen LogP contribution in [0.2, 0.25) is 0 Å². The Balaban J connectivity index is 1.93. The highest BCUT2D eigenvalue weighted by molar-refractivity contribution is 5.81. The van der Waals surface area contributed by atoms with Crippen molar-refractivity contribution in [1.29, 1.82) is 0 Å². The van der Waals surface area contributed by atoms with Crippen LogP contribution in [0.4, 0.5) is 0 Å². The molecule has 1 fully saturated rings. The summed E-state index contributed by atoms with van der Waals surface area (Å²) >= 11 is 0. The van der Waals surface area contributed by atoms with E-state index >= 15 is 0 Å². The van der Waals surface area contributed by atoms with Gasteiger partial charge in [-0.2, -0.15) is 0 Å². The molecular formula is C23H22. The minimum Gasteiger partial charge on any atom is -0.0620 e. The van der Waals surface area contributed by atoms with Crippen LogP contribution in [-0.2, 0) is 0 Å². The van der Waals surface area contributed by atoms with Crippen molar-refractivity contribution in [3.8, 4) is 22.3 Å². The molecule has 23 heavy (non-hydrogen) atoms. The predicted octanol–water partition coefficient (Wildman–Crippen LogP) is 6.51. The summed E-state index contributed by atoms with van der Waals surface area (Å²) in [6.07, 6.45) is 2.64. The quantitative estimate of drug-likeness (QED) is 0.516. The second kappa shape index (κ2) is 5.70. The number of hydrogen-bond donors (Lipinski definition) is 0. The van der Waals surface area contributed by atoms with E-state index in [1.165, 1.54) is 46.2 Å². The van der Waals surface area contributed by atoms with Gasteiger partial charge in [-0.1, -0.05) is 72.3 Å². The molecule has 1 saturated carbocycles. The molecular weight excluding hydrogens is 276 g/mol. The predicted molar refractivity (Wildman–Crippen MR) is 98.8 cm³/mol. The summed E-state index contributed by atoms with van der Waals surface area (Å²) in [5, 5.41) is 0. The molecule has 0 nitrogen and oxygen atoms in total. The van der Waals surface area contributed by atoms with Crippen LogP contribution in [0.1, 0.15) is 35.4 Å². The van der Waals surface area contributed by atoms with Crippen molar-refractivity contribution in [1.82, 2.24) is 0 Å². The molecule has 0 radical (unpaired) electrons. The average molecular weight is 298 g/mol. The normalized spacial score (nSPS) is 14.0. The van der Waals surface area contributed by atoms with Crippen LogP contribution in [0.5, 0.6) is 0 Å². The highest BCUT2D eigenvalue weighted by Crippen LogP contribution is 2.49. The van der Waals surface area contributed by atoms with Crippen LogP contribution >= 0.6 is 0 Å². The van der Waals surface area contributed by atoms with Crippen molar-refractivity contribution in [2.75, 3.05) is 0 Å². The van der Waals surface area contributed by atoms with Crippen LogP contribution < -0.4 is 0 Å². The fourth-order valence-corrected chi connectivity index (χ4v) is 3.47. The van der Waals surface area contributed by atoms with Gasteiger partial charge in [0.25, 0.3) is 0 Å². The highest BCUT2D eigenvalue weighted by atomic mass is 14.3. The van der Waals surface area contributed by atoms with Crippen LogP contribution in [-0.4, -0.2) is 0 Å². The molecule has 0 aliphatic heterocycles. The van der Waals surface area contributed by atoms with Crippen molar-refractivity contribution >= 4 is 0 Å². The third-order valence-electron chi connectivity index (χ3n) is 4.89. The van der Waals surface area contributed by atoms with Gasteiger partial charge >= 0.3 is 0 Å². The van der Waals surface area contributed by atoms with Gasteiger partial charge in [0, 0.05) is 0 Å². The first-order valence-electron chi connectivity index (χ1n) is 8.50. The topological polar surface area (TPSA) is 0 Å². The van der Waals surface area contributed by atoms with Gasteiger partial charge < -0.3 is 0 Å². The van der Waals surface area contributed by atoms with Gasteiger partial charge in [-0.05, 0) is 66.0 Å². The largest absolute Gasteiger partial charge is 0.0620 e. The molecule has 0 unspecified atom stereocenters. The lowest BCUT2D eigenvalue weighted by atomic mass is 9.87. The van der Waals surface area contributed by atoms with E-state index in [1.807, 2.05) is 0 Å². The summed E-state index contributed by atoms with van der Waals surface area (Å²) in [5.41, 5.74) is 9.77. The van der Waals surface area contributed by atoms with Crippen LogP contribution in [0.3, 0.4) is 0 Å². The maximum atomic E-state index is 2.30. The van der Waals surface area contributed by atoms with E-state index in [0.29, 0.717) is 0 Å². The zero-order valence-electron chi connectivity index (χ0n) is 13.8. The number of benzene rings is 3. The summed E-state index contributed by atoms with van der Waals surface area (Å²) in [6.45, 7) is 4.36. The first-order chi connectivity index (χ1) is 11.2. The first kappa shape index (κ1) is 14.3. The second-order valence-corrected chi connectivity index (χ2v) is 6.72. The Bertz CT molecular complexity index is 836. The third-order valence-corrected chi connectivity index (χ3v) is 4.89. The Morgan fingerprint density at radius 3 is 2.00 bits per heavy atom. The van der Waals surface area contributed by atoms with Crippen LogP contribution in [0.25, 0.3) is 22.3 Å². The summed E-state index contributed by atoms with van der Waals surface area (Å²) in [5.74, 6) is 0.724. The number of rotatable bonds is 3. The fraction of sp³-hybridized carbons (Fsp3) is 0.217. The maximum absolute atomic E-state index is 2.30. The van der Waals surface area contributed by atoms with Gasteiger partial charge in [0.2, 0.25) is 0 Å². The van der Waals surface area contributed by atoms with E-state index in [-0.39, 0.29) is 0 Å². The monoisotopic (exact) mass is 298 g/mol. The lowest BCUT2D eigenvalue weighted by molar-refractivity contribution is 1.13.